The molecule has 0 saturated heterocycles. The maximum absolute atomic E-state index is 13.6. The summed E-state index contributed by atoms with van der Waals surface area (Å²) in [5.41, 5.74) is 1.05. The molecule has 1 aliphatic carbocycles. The fraction of sp³-hybridized carbons (Fsp3) is 0.391. The number of Topliss-reactive ketones (excluding diaryl/α,β-unsaturated/α-hetero) is 1. The molecule has 2 aromatic rings. The molecule has 3 heterocycles. The molecule has 1 fully saturated rings. The van der Waals surface area contributed by atoms with Crippen LogP contribution in [0.1, 0.15) is 36.6 Å². The highest BCUT2D eigenvalue weighted by atomic mass is 79.9. The molecule has 162 valence electrons. The number of ketones is 1. The molecule has 5 rings (SSSR count). The van der Waals surface area contributed by atoms with E-state index in [9.17, 15) is 14.7 Å². The van der Waals surface area contributed by atoms with E-state index in [1.165, 1.54) is 13.2 Å². The van der Waals surface area contributed by atoms with Crippen LogP contribution in [-0.2, 0) is 20.9 Å². The van der Waals surface area contributed by atoms with Crippen molar-refractivity contribution < 1.29 is 28.6 Å². The average molecular weight is 488 g/mol. The second-order valence-corrected chi connectivity index (χ2v) is 9.42. The van der Waals surface area contributed by atoms with Gasteiger partial charge in [-0.05, 0) is 49.1 Å². The molecule has 0 spiro atoms. The number of halogens is 1. The van der Waals surface area contributed by atoms with Gasteiger partial charge in [0.1, 0.15) is 11.9 Å². The van der Waals surface area contributed by atoms with Crippen molar-refractivity contribution in [2.75, 3.05) is 7.11 Å². The van der Waals surface area contributed by atoms with Crippen molar-refractivity contribution in [2.45, 2.75) is 42.8 Å². The Hall–Kier alpha value is -2.74. The molecule has 4 unspecified atom stereocenters. The van der Waals surface area contributed by atoms with Crippen molar-refractivity contribution in [1.29, 1.82) is 0 Å². The number of nitrogens with zero attached hydrogens (tertiary/aromatic N) is 1. The average Bonchev–Trinajstić information content (AvgIpc) is 3.37. The highest BCUT2D eigenvalue weighted by molar-refractivity contribution is 9.09. The molecule has 1 saturated carbocycles. The Bertz CT molecular complexity index is 1060. The summed E-state index contributed by atoms with van der Waals surface area (Å²) in [6, 6.07) is 7.77. The first kappa shape index (κ1) is 20.2. The molecule has 3 aliphatic rings. The Kier molecular flexibility index (Phi) is 5.04. The van der Waals surface area contributed by atoms with Crippen molar-refractivity contribution in [3.63, 3.8) is 0 Å². The van der Waals surface area contributed by atoms with E-state index in [-0.39, 0.29) is 52.3 Å². The number of phenolic OH excluding ortho intramolecular Hbond substituents is 1. The highest BCUT2D eigenvalue weighted by Crippen LogP contribution is 2.48. The summed E-state index contributed by atoms with van der Waals surface area (Å²) in [6.07, 6.45) is 3.58. The minimum absolute atomic E-state index is 0.0111. The third kappa shape index (κ3) is 3.33. The molecule has 2 aliphatic heterocycles. The van der Waals surface area contributed by atoms with Crippen molar-refractivity contribution in [3.8, 4) is 11.5 Å². The van der Waals surface area contributed by atoms with Gasteiger partial charge >= 0.3 is 0 Å². The van der Waals surface area contributed by atoms with Gasteiger partial charge in [0, 0.05) is 4.83 Å². The Morgan fingerprint density at radius 2 is 2.10 bits per heavy atom. The van der Waals surface area contributed by atoms with Crippen LogP contribution in [0.4, 0.5) is 0 Å². The number of rotatable bonds is 4. The minimum atomic E-state index is -0.647. The molecule has 0 radical (unpaired) electrons. The van der Waals surface area contributed by atoms with E-state index in [1.54, 1.807) is 35.4 Å². The number of carbonyl (C=O) groups is 2. The number of amides is 1. The Balaban J connectivity index is 1.60. The van der Waals surface area contributed by atoms with Crippen LogP contribution in [-0.4, -0.2) is 39.7 Å². The highest BCUT2D eigenvalue weighted by Gasteiger charge is 2.52. The molecule has 4 atom stereocenters. The number of hydrogen-bond acceptors (Lipinski definition) is 6. The zero-order valence-corrected chi connectivity index (χ0v) is 18.5. The number of alkyl halides is 1. The number of carbonyl (C=O) groups excluding carboxylic acids is 2. The largest absolute Gasteiger partial charge is 0.504 e. The molecule has 8 heteroatoms. The van der Waals surface area contributed by atoms with E-state index in [1.807, 2.05) is 0 Å². The summed E-state index contributed by atoms with van der Waals surface area (Å²) in [7, 11) is 1.46. The SMILES string of the molecule is COc1cc(C2C3=C(OC4CCC(Br)CC4C3=O)C(=O)N2Cc2ccco2)ccc1O. The molecule has 0 bridgehead atoms. The van der Waals surface area contributed by atoms with Gasteiger partial charge in [0.25, 0.3) is 5.91 Å². The van der Waals surface area contributed by atoms with Gasteiger partial charge in [0.2, 0.25) is 0 Å². The lowest BCUT2D eigenvalue weighted by molar-refractivity contribution is -0.135. The van der Waals surface area contributed by atoms with Crippen LogP contribution in [0.5, 0.6) is 11.5 Å². The van der Waals surface area contributed by atoms with Gasteiger partial charge in [-0.2, -0.15) is 0 Å². The molecule has 1 aromatic heterocycles. The van der Waals surface area contributed by atoms with Crippen molar-refractivity contribution in [1.82, 2.24) is 4.90 Å². The fourth-order valence-corrected chi connectivity index (χ4v) is 5.47. The van der Waals surface area contributed by atoms with Gasteiger partial charge < -0.3 is 23.9 Å². The lowest BCUT2D eigenvalue weighted by atomic mass is 9.77. The summed E-state index contributed by atoms with van der Waals surface area (Å²) >= 11 is 3.64. The van der Waals surface area contributed by atoms with Gasteiger partial charge in [-0.1, -0.05) is 22.0 Å². The number of hydrogen-bond donors (Lipinski definition) is 1. The van der Waals surface area contributed by atoms with Crippen LogP contribution in [0.25, 0.3) is 0 Å². The maximum atomic E-state index is 13.6. The summed E-state index contributed by atoms with van der Waals surface area (Å²) in [5, 5.41) is 10.0. The van der Waals surface area contributed by atoms with E-state index >= 15 is 0 Å². The van der Waals surface area contributed by atoms with Crippen LogP contribution < -0.4 is 4.74 Å². The molecule has 1 amide bonds. The van der Waals surface area contributed by atoms with Crippen LogP contribution in [0.15, 0.2) is 52.3 Å². The standard InChI is InChI=1S/C23H22BrNO6/c1-29-18-9-12(4-6-16(18)26)20-19-21(27)15-10-13(24)5-7-17(15)31-22(19)23(28)25(20)11-14-3-2-8-30-14/h2-4,6,8-9,13,15,17,20,26H,5,7,10-11H2,1H3. The summed E-state index contributed by atoms with van der Waals surface area (Å²) in [5.74, 6) is 0.367. The number of methoxy groups -OCH3 is 1. The second-order valence-electron chi connectivity index (χ2n) is 8.13. The lowest BCUT2D eigenvalue weighted by Gasteiger charge is -2.37. The van der Waals surface area contributed by atoms with Crippen molar-refractivity contribution in [2.24, 2.45) is 5.92 Å². The van der Waals surface area contributed by atoms with Gasteiger partial charge in [-0.15, -0.1) is 0 Å². The van der Waals surface area contributed by atoms with Crippen LogP contribution in [0.2, 0.25) is 0 Å². The number of aromatic hydroxyl groups is 1. The fourth-order valence-electron chi connectivity index (χ4n) is 4.81. The van der Waals surface area contributed by atoms with E-state index in [0.717, 1.165) is 12.8 Å². The van der Waals surface area contributed by atoms with Gasteiger partial charge in [-0.3, -0.25) is 9.59 Å². The summed E-state index contributed by atoms with van der Waals surface area (Å²) < 4.78 is 16.9. The van der Waals surface area contributed by atoms with E-state index in [2.05, 4.69) is 15.9 Å². The van der Waals surface area contributed by atoms with Crippen molar-refractivity contribution in [3.05, 3.63) is 59.3 Å². The topological polar surface area (TPSA) is 89.2 Å². The monoisotopic (exact) mass is 487 g/mol. The van der Waals surface area contributed by atoms with Gasteiger partial charge in [0.05, 0.1) is 37.5 Å². The predicted octanol–water partition coefficient (Wildman–Crippen LogP) is 3.86. The molecule has 31 heavy (non-hydrogen) atoms. The predicted molar refractivity (Wildman–Crippen MR) is 114 cm³/mol. The lowest BCUT2D eigenvalue weighted by Crippen LogP contribution is -2.41. The maximum Gasteiger partial charge on any atom is 0.290 e. The molecule has 1 N–H and O–H groups in total. The van der Waals surface area contributed by atoms with Gasteiger partial charge in [0.15, 0.2) is 23.0 Å². The van der Waals surface area contributed by atoms with Crippen molar-refractivity contribution >= 4 is 27.6 Å². The smallest absolute Gasteiger partial charge is 0.290 e. The Morgan fingerprint density at radius 1 is 1.26 bits per heavy atom. The quantitative estimate of drug-likeness (QED) is 0.658. The normalized spacial score (nSPS) is 27.7. The zero-order valence-electron chi connectivity index (χ0n) is 16.9. The zero-order chi connectivity index (χ0) is 21.7. The Labute approximate surface area is 187 Å². The number of phenols is 1. The van der Waals surface area contributed by atoms with Crippen LogP contribution in [0, 0.1) is 5.92 Å². The van der Waals surface area contributed by atoms with Crippen LogP contribution in [0.3, 0.4) is 0 Å². The number of ether oxygens (including phenoxy) is 2. The first-order valence-corrected chi connectivity index (χ1v) is 11.2. The van der Waals surface area contributed by atoms with E-state index < -0.39 is 6.04 Å². The summed E-state index contributed by atoms with van der Waals surface area (Å²) in [6.45, 7) is 0.194. The first-order chi connectivity index (χ1) is 15.0. The third-order valence-electron chi connectivity index (χ3n) is 6.30. The first-order valence-electron chi connectivity index (χ1n) is 10.3. The van der Waals surface area contributed by atoms with Crippen LogP contribution >= 0.6 is 15.9 Å². The second kappa shape index (κ2) is 7.75. The molecule has 7 nitrogen and oxygen atoms in total. The van der Waals surface area contributed by atoms with Gasteiger partial charge in [-0.25, -0.2) is 0 Å². The molecular weight excluding hydrogens is 466 g/mol. The van der Waals surface area contributed by atoms with E-state index in [0.29, 0.717) is 23.3 Å². The summed E-state index contributed by atoms with van der Waals surface area (Å²) in [4.78, 5) is 28.9. The number of benzene rings is 1. The van der Waals surface area contributed by atoms with E-state index in [4.69, 9.17) is 13.9 Å². The number of furan rings is 1. The third-order valence-corrected chi connectivity index (χ3v) is 7.14. The number of fused-ring (bicyclic) bond motifs is 1. The Morgan fingerprint density at radius 3 is 2.84 bits per heavy atom. The minimum Gasteiger partial charge on any atom is -0.504 e. The molecule has 1 aromatic carbocycles. The molecular formula is C23H22BrNO6.